The summed E-state index contributed by atoms with van der Waals surface area (Å²) in [4.78, 5) is 10.9. The van der Waals surface area contributed by atoms with E-state index < -0.39 is 23.7 Å². The first kappa shape index (κ1) is 10.6. The molecule has 2 rings (SSSR count). The zero-order chi connectivity index (χ0) is 12.0. The average Bonchev–Trinajstić information content (AvgIpc) is 2.84. The summed E-state index contributed by atoms with van der Waals surface area (Å²) in [7, 11) is 0. The van der Waals surface area contributed by atoms with Crippen LogP contribution in [0.15, 0.2) is 24.3 Å². The lowest BCUT2D eigenvalue weighted by molar-refractivity contribution is -0.142. The van der Waals surface area contributed by atoms with E-state index in [1.54, 1.807) is 0 Å². The van der Waals surface area contributed by atoms with E-state index in [0.717, 1.165) is 0 Å². The van der Waals surface area contributed by atoms with Gasteiger partial charge in [-0.2, -0.15) is 0 Å². The number of hydrogen-bond donors (Lipinski definition) is 1. The maximum absolute atomic E-state index is 13.1. The van der Waals surface area contributed by atoms with Gasteiger partial charge in [0.15, 0.2) is 5.41 Å². The van der Waals surface area contributed by atoms with Crippen molar-refractivity contribution >= 4 is 5.97 Å². The van der Waals surface area contributed by atoms with Crippen LogP contribution in [-0.2, 0) is 10.2 Å². The van der Waals surface area contributed by atoms with Crippen LogP contribution in [0.25, 0.3) is 0 Å². The van der Waals surface area contributed by atoms with Crippen molar-refractivity contribution < 1.29 is 18.7 Å². The number of benzene rings is 1. The summed E-state index contributed by atoms with van der Waals surface area (Å²) in [5, 5.41) is 8.90. The topological polar surface area (TPSA) is 37.3 Å². The van der Waals surface area contributed by atoms with Gasteiger partial charge >= 0.3 is 5.97 Å². The highest BCUT2D eigenvalue weighted by molar-refractivity contribution is 5.87. The second-order valence-corrected chi connectivity index (χ2v) is 3.81. The van der Waals surface area contributed by atoms with Gasteiger partial charge in [-0.1, -0.05) is 18.1 Å². The van der Waals surface area contributed by atoms with E-state index in [1.165, 1.54) is 24.3 Å². The molecule has 1 atom stereocenters. The first-order valence-electron chi connectivity index (χ1n) is 4.62. The minimum absolute atomic E-state index is 0.101. The van der Waals surface area contributed by atoms with Crippen LogP contribution >= 0.6 is 0 Å². The fourth-order valence-corrected chi connectivity index (χ4v) is 1.81. The predicted molar refractivity (Wildman–Crippen MR) is 53.3 cm³/mol. The predicted octanol–water partition coefficient (Wildman–Crippen LogP) is 2.03. The lowest BCUT2D eigenvalue weighted by atomic mass is 9.94. The monoisotopic (exact) mass is 222 g/mol. The molecule has 2 nitrogen and oxygen atoms in total. The Morgan fingerprint density at radius 3 is 2.19 bits per heavy atom. The van der Waals surface area contributed by atoms with Crippen LogP contribution in [-0.4, -0.2) is 17.0 Å². The Bertz CT molecular complexity index is 485. The quantitative estimate of drug-likeness (QED) is 0.777. The fourth-order valence-electron chi connectivity index (χ4n) is 1.81. The van der Waals surface area contributed by atoms with Crippen molar-refractivity contribution in [3.63, 3.8) is 0 Å². The molecule has 1 aliphatic rings. The highest BCUT2D eigenvalue weighted by Crippen LogP contribution is 2.61. The van der Waals surface area contributed by atoms with Gasteiger partial charge in [0.05, 0.1) is 0 Å². The maximum Gasteiger partial charge on any atom is 0.320 e. The number of halogens is 2. The third kappa shape index (κ3) is 1.21. The summed E-state index contributed by atoms with van der Waals surface area (Å²) in [6, 6.07) is 5.64. The highest BCUT2D eigenvalue weighted by atomic mass is 19.3. The minimum Gasteiger partial charge on any atom is -0.480 e. The molecule has 0 aromatic heterocycles. The molecule has 1 aliphatic carbocycles. The van der Waals surface area contributed by atoms with Crippen LogP contribution in [0.3, 0.4) is 0 Å². The lowest BCUT2D eigenvalue weighted by Gasteiger charge is -2.11. The van der Waals surface area contributed by atoms with Crippen molar-refractivity contribution in [3.8, 4) is 12.3 Å². The number of carbonyl (C=O) groups is 1. The number of rotatable bonds is 2. The molecule has 0 amide bonds. The van der Waals surface area contributed by atoms with Crippen LogP contribution in [0.1, 0.15) is 17.5 Å². The highest BCUT2D eigenvalue weighted by Gasteiger charge is 2.77. The number of terminal acetylenes is 1. The second kappa shape index (κ2) is 3.05. The molecule has 0 spiro atoms. The number of carboxylic acids is 1. The molecular weight excluding hydrogens is 214 g/mol. The van der Waals surface area contributed by atoms with Crippen LogP contribution in [0.2, 0.25) is 0 Å². The van der Waals surface area contributed by atoms with Crippen molar-refractivity contribution in [2.45, 2.75) is 17.8 Å². The Morgan fingerprint density at radius 2 is 1.88 bits per heavy atom. The summed E-state index contributed by atoms with van der Waals surface area (Å²) >= 11 is 0. The van der Waals surface area contributed by atoms with Crippen molar-refractivity contribution in [3.05, 3.63) is 35.4 Å². The summed E-state index contributed by atoms with van der Waals surface area (Å²) in [6.07, 6.45) is 4.48. The molecule has 1 aromatic carbocycles. The second-order valence-electron chi connectivity index (χ2n) is 3.81. The standard InChI is InChI=1S/C12H8F2O2/c1-2-8-3-5-9(6-4-8)11(10(15)16)7-12(11,13)14/h1,3-6H,7H2,(H,15,16). The number of aliphatic carboxylic acids is 1. The van der Waals surface area contributed by atoms with E-state index in [1.807, 2.05) is 0 Å². The molecule has 0 aliphatic heterocycles. The Hall–Kier alpha value is -1.89. The third-order valence-corrected chi connectivity index (χ3v) is 2.90. The summed E-state index contributed by atoms with van der Waals surface area (Å²) in [5.74, 6) is -2.32. The van der Waals surface area contributed by atoms with Crippen LogP contribution in [0.4, 0.5) is 8.78 Å². The average molecular weight is 222 g/mol. The fraction of sp³-hybridized carbons (Fsp3) is 0.250. The van der Waals surface area contributed by atoms with Crippen molar-refractivity contribution in [2.24, 2.45) is 0 Å². The lowest BCUT2D eigenvalue weighted by Crippen LogP contribution is -2.26. The van der Waals surface area contributed by atoms with Gasteiger partial charge in [0.1, 0.15) is 0 Å². The summed E-state index contributed by atoms with van der Waals surface area (Å²) in [5.41, 5.74) is -1.42. The van der Waals surface area contributed by atoms with Gasteiger partial charge in [-0.05, 0) is 17.7 Å². The molecule has 4 heteroatoms. The molecule has 1 aromatic rings. The van der Waals surface area contributed by atoms with Gasteiger partial charge < -0.3 is 5.11 Å². The van der Waals surface area contributed by atoms with Gasteiger partial charge in [-0.3, -0.25) is 4.79 Å². The van der Waals surface area contributed by atoms with Crippen molar-refractivity contribution in [1.82, 2.24) is 0 Å². The Kier molecular flexibility index (Phi) is 2.02. The molecule has 1 unspecified atom stereocenters. The number of carboxylic acid groups (broad SMARTS) is 1. The molecule has 1 N–H and O–H groups in total. The van der Waals surface area contributed by atoms with E-state index in [4.69, 9.17) is 11.5 Å². The van der Waals surface area contributed by atoms with E-state index in [9.17, 15) is 13.6 Å². The number of hydrogen-bond acceptors (Lipinski definition) is 1. The van der Waals surface area contributed by atoms with Crippen LogP contribution in [0, 0.1) is 12.3 Å². The molecule has 0 saturated heterocycles. The van der Waals surface area contributed by atoms with Gasteiger partial charge in [0.25, 0.3) is 5.92 Å². The van der Waals surface area contributed by atoms with E-state index >= 15 is 0 Å². The smallest absolute Gasteiger partial charge is 0.320 e. The third-order valence-electron chi connectivity index (χ3n) is 2.90. The molecule has 0 radical (unpaired) electrons. The SMILES string of the molecule is C#Cc1ccc(C2(C(=O)O)CC2(F)F)cc1. The van der Waals surface area contributed by atoms with Crippen LogP contribution < -0.4 is 0 Å². The van der Waals surface area contributed by atoms with Crippen molar-refractivity contribution in [1.29, 1.82) is 0 Å². The molecular formula is C12H8F2O2. The first-order valence-corrected chi connectivity index (χ1v) is 4.62. The Balaban J connectivity index is 2.44. The van der Waals surface area contributed by atoms with Crippen molar-refractivity contribution in [2.75, 3.05) is 0 Å². The molecule has 82 valence electrons. The van der Waals surface area contributed by atoms with Gasteiger partial charge in [0.2, 0.25) is 0 Å². The maximum atomic E-state index is 13.1. The molecule has 16 heavy (non-hydrogen) atoms. The van der Waals surface area contributed by atoms with Crippen LogP contribution in [0.5, 0.6) is 0 Å². The van der Waals surface area contributed by atoms with Gasteiger partial charge in [-0.15, -0.1) is 6.42 Å². The van der Waals surface area contributed by atoms with Gasteiger partial charge in [0, 0.05) is 12.0 Å². The normalized spacial score (nSPS) is 25.8. The molecule has 1 fully saturated rings. The largest absolute Gasteiger partial charge is 0.480 e. The first-order chi connectivity index (χ1) is 7.44. The Labute approximate surface area is 90.9 Å². The van der Waals surface area contributed by atoms with E-state index in [0.29, 0.717) is 5.56 Å². The number of alkyl halides is 2. The molecule has 0 heterocycles. The molecule has 1 saturated carbocycles. The zero-order valence-corrected chi connectivity index (χ0v) is 8.21. The van der Waals surface area contributed by atoms with Gasteiger partial charge in [-0.25, -0.2) is 8.78 Å². The zero-order valence-electron chi connectivity index (χ0n) is 8.21. The molecule has 0 bridgehead atoms. The summed E-state index contributed by atoms with van der Waals surface area (Å²) in [6.45, 7) is 0. The van der Waals surface area contributed by atoms with E-state index in [2.05, 4.69) is 5.92 Å². The Morgan fingerprint density at radius 1 is 1.38 bits per heavy atom. The summed E-state index contributed by atoms with van der Waals surface area (Å²) < 4.78 is 26.3. The van der Waals surface area contributed by atoms with E-state index in [-0.39, 0.29) is 5.56 Å². The minimum atomic E-state index is -3.17.